The fraction of sp³-hybridized carbons (Fsp3) is 0.0196. The Kier molecular flexibility index (Phi) is 23.5. The molecule has 418 valence electrons. The van der Waals surface area contributed by atoms with E-state index in [1.807, 2.05) is 31.2 Å². The van der Waals surface area contributed by atoms with Gasteiger partial charge in [-0.2, -0.15) is 45.7 Å². The Hall–Kier alpha value is -5.86. The number of nitrogens with one attached hydrogen (secondary N) is 2. The Balaban J connectivity index is 0.00000337. The van der Waals surface area contributed by atoms with Crippen molar-refractivity contribution in [1.82, 2.24) is 0 Å². The van der Waals surface area contributed by atoms with Crippen molar-refractivity contribution in [1.29, 1.82) is 0 Å². The average Bonchev–Trinajstić information content (AvgIpc) is 3.22. The molecular weight excluding hydrogens is 1240 g/mol. The van der Waals surface area contributed by atoms with Gasteiger partial charge in [-0.1, -0.05) is 47.9 Å². The summed E-state index contributed by atoms with van der Waals surface area (Å²) < 4.78 is 141. The van der Waals surface area contributed by atoms with E-state index in [9.17, 15) is 67.2 Å². The molecule has 0 heterocycles. The molecule has 0 bridgehead atoms. The predicted molar refractivity (Wildman–Crippen MR) is 293 cm³/mol. The van der Waals surface area contributed by atoms with Gasteiger partial charge in [-0.15, -0.1) is 26.2 Å². The molecule has 0 atom stereocenters. The smallest absolute Gasteiger partial charge is 0.872 e. The molecule has 0 aliphatic heterocycles. The number of benzene rings is 9. The quantitative estimate of drug-likeness (QED) is 0.0250. The van der Waals surface area contributed by atoms with Crippen molar-refractivity contribution in [2.45, 2.75) is 26.5 Å². The zero-order chi connectivity index (χ0) is 59.1. The number of para-hydroxylation sites is 1. The van der Waals surface area contributed by atoms with Gasteiger partial charge in [-0.25, -0.2) is 8.42 Å². The largest absolute Gasteiger partial charge is 1.00 e. The van der Waals surface area contributed by atoms with Gasteiger partial charge in [0.2, 0.25) is 0 Å². The van der Waals surface area contributed by atoms with Gasteiger partial charge < -0.3 is 42.0 Å². The average molecular weight is 1280 g/mol. The fourth-order valence-electron chi connectivity index (χ4n) is 7.90. The van der Waals surface area contributed by atoms with E-state index in [1.54, 1.807) is 0 Å². The van der Waals surface area contributed by atoms with Crippen LogP contribution in [-0.2, 0) is 40.5 Å². The van der Waals surface area contributed by atoms with Crippen LogP contribution >= 0.6 is 0 Å². The van der Waals surface area contributed by atoms with Crippen LogP contribution in [0.15, 0.2) is 206 Å². The number of anilines is 6. The summed E-state index contributed by atoms with van der Waals surface area (Å²) in [5.41, 5.74) is 10.8. The maximum atomic E-state index is 13.9. The van der Waals surface area contributed by atoms with Crippen LogP contribution in [-0.4, -0.2) is 51.9 Å². The summed E-state index contributed by atoms with van der Waals surface area (Å²) in [6.45, 7) is 1.88. The molecule has 0 unspecified atom stereocenters. The molecule has 0 saturated carbocycles. The molecule has 0 aliphatic rings. The zero-order valence-electron chi connectivity index (χ0n) is 45.5. The summed E-state index contributed by atoms with van der Waals surface area (Å²) in [4.78, 5) is -3.46. The minimum atomic E-state index is -5.18. The van der Waals surface area contributed by atoms with Crippen molar-refractivity contribution in [2.75, 3.05) is 22.1 Å². The van der Waals surface area contributed by atoms with Gasteiger partial charge in [-0.05, 0) is 143 Å². The molecule has 35 heteroatoms. The first kappa shape index (κ1) is 70.9. The van der Waals surface area contributed by atoms with Crippen molar-refractivity contribution < 1.29 is 185 Å². The van der Waals surface area contributed by atoms with Crippen molar-refractivity contribution in [3.05, 3.63) is 151 Å². The Morgan fingerprint density at radius 1 is 0.419 bits per heavy atom. The predicted octanol–water partition coefficient (Wildman–Crippen LogP) is -1.50. The third-order valence-electron chi connectivity index (χ3n) is 11.9. The molecule has 0 amide bonds. The molecule has 0 saturated heterocycles. The summed E-state index contributed by atoms with van der Waals surface area (Å²) in [6.07, 6.45) is 0. The molecule has 0 fully saturated rings. The van der Waals surface area contributed by atoms with E-state index in [0.717, 1.165) is 59.8 Å². The van der Waals surface area contributed by atoms with Crippen LogP contribution in [0.1, 0.15) is 5.56 Å². The Morgan fingerprint density at radius 3 is 1.42 bits per heavy atom. The van der Waals surface area contributed by atoms with Crippen LogP contribution < -0.4 is 156 Å². The number of aryl methyl sites for hydroxylation is 1. The first-order chi connectivity index (χ1) is 38.6. The number of hydrogen-bond donors (Lipinski definition) is 7. The second kappa shape index (κ2) is 28.5. The molecule has 0 aliphatic carbocycles. The number of fused-ring (bicyclic) bond motifs is 2. The first-order valence-electron chi connectivity index (χ1n) is 23.1. The van der Waals surface area contributed by atoms with Gasteiger partial charge in [0.05, 0.1) is 61.8 Å². The van der Waals surface area contributed by atoms with Crippen molar-refractivity contribution in [3.63, 3.8) is 0 Å². The third-order valence-corrected chi connectivity index (χ3v) is 15.4. The normalized spacial score (nSPS) is 12.1. The maximum Gasteiger partial charge on any atom is 1.00 e. The molecule has 9 N–H and O–H groups in total. The second-order valence-electron chi connectivity index (χ2n) is 17.5. The maximum absolute atomic E-state index is 13.9. The van der Waals surface area contributed by atoms with Crippen LogP contribution in [0.4, 0.5) is 79.6 Å². The number of nitrogens with two attached hydrogens (primary N) is 2. The van der Waals surface area contributed by atoms with Crippen LogP contribution in [0.25, 0.3) is 21.5 Å². The molecule has 9 aromatic carbocycles. The molecular formula is C51H36N12Na4O15S4. The summed E-state index contributed by atoms with van der Waals surface area (Å²) in [5.74, 6) is -2.37. The Morgan fingerprint density at radius 2 is 0.895 bits per heavy atom. The van der Waals surface area contributed by atoms with Crippen LogP contribution in [0.5, 0.6) is 17.2 Å². The zero-order valence-corrected chi connectivity index (χ0v) is 56.7. The van der Waals surface area contributed by atoms with Crippen LogP contribution in [0.3, 0.4) is 0 Å². The molecule has 0 aromatic heterocycles. The second-order valence-corrected chi connectivity index (χ2v) is 23.0. The summed E-state index contributed by atoms with van der Waals surface area (Å²) in [6, 6.07) is 31.4. The van der Waals surface area contributed by atoms with E-state index >= 15 is 0 Å². The standard InChI is InChI=1S/C51H40N12O15S4.4Na/c1-26-4-2-3-5-39(26)55-43-23-34(64)15-17-40(43)60-57-31-8-6-27-18-46(81(73,74)75)48(50(65)35(27)20-31)62-56-30-12-10-29(11-13-30)54-41-16-14-33(22-45(41)80(70,71)72)59-63-49-47(82(76,77)78)19-28-7-9-32(21-36(28)51(49)66)58-61-42-25-44(79(67,68)69)38(53)24-37(42)52;;;;/h2-25,54-55,64-66H,52-53H2,1H3,(H,67,68,69)(H,70,71,72)(H,73,74,75)(H,76,77,78);;;;/q;4*+1/p-4. The van der Waals surface area contributed by atoms with Gasteiger partial charge >= 0.3 is 118 Å². The number of rotatable bonds is 16. The van der Waals surface area contributed by atoms with E-state index in [-0.39, 0.29) is 197 Å². The topological polar surface area (TPSA) is 464 Å². The Labute approximate surface area is 578 Å². The minimum Gasteiger partial charge on any atom is -0.872 e. The van der Waals surface area contributed by atoms with E-state index in [1.165, 1.54) is 72.8 Å². The van der Waals surface area contributed by atoms with Gasteiger partial charge in [0.1, 0.15) is 36.2 Å². The van der Waals surface area contributed by atoms with E-state index in [0.29, 0.717) is 5.69 Å². The number of hydrogen-bond acceptors (Lipinski definition) is 24. The molecule has 86 heavy (non-hydrogen) atoms. The van der Waals surface area contributed by atoms with E-state index in [4.69, 9.17) is 11.5 Å². The number of azo groups is 4. The first-order valence-corrected chi connectivity index (χ1v) is 28.8. The van der Waals surface area contributed by atoms with E-state index in [2.05, 4.69) is 51.5 Å². The van der Waals surface area contributed by atoms with Gasteiger partial charge in [-0.3, -0.25) is 13.7 Å². The Bertz CT molecular complexity index is 4740. The molecule has 9 aromatic rings. The molecule has 27 nitrogen and oxygen atoms in total. The SMILES string of the molecule is Cc1ccccc1Nc1cc([O-])ccc1N=Nc1ccc2cc(S(=O)(=O)O)c(N=Nc3ccc(Nc4ccc(N=Nc5c(S(=O)(=O)O)cc6ccc(N=Nc7cc(S(=O)(=O)[O-])c(N)cc7N)cc6c5[O-])cc4S(=O)(=O)O)cc3)c([O-])c2c1.[Na+].[Na+].[Na+].[Na+]. The summed E-state index contributed by atoms with van der Waals surface area (Å²) in [7, 11) is -20.4. The minimum absolute atomic E-state index is 0. The van der Waals surface area contributed by atoms with Gasteiger partial charge in [0.15, 0.2) is 0 Å². The molecule has 9 rings (SSSR count). The monoisotopic (exact) mass is 1280 g/mol. The van der Waals surface area contributed by atoms with Crippen molar-refractivity contribution >= 4 is 142 Å². The van der Waals surface area contributed by atoms with Crippen LogP contribution in [0, 0.1) is 6.92 Å². The molecule has 0 radical (unpaired) electrons. The number of nitrogens with zero attached hydrogens (tertiary/aromatic N) is 8. The van der Waals surface area contributed by atoms with Gasteiger partial charge in [0, 0.05) is 11.4 Å². The van der Waals surface area contributed by atoms with E-state index < -0.39 is 88.6 Å². The van der Waals surface area contributed by atoms with Crippen LogP contribution in [0.2, 0.25) is 0 Å². The fourth-order valence-corrected chi connectivity index (χ4v) is 10.5. The van der Waals surface area contributed by atoms with Gasteiger partial charge in [0.25, 0.3) is 30.4 Å². The summed E-state index contributed by atoms with van der Waals surface area (Å²) in [5, 5.41) is 77.3. The molecule has 0 spiro atoms. The third kappa shape index (κ3) is 16.6. The summed E-state index contributed by atoms with van der Waals surface area (Å²) >= 11 is 0. The van der Waals surface area contributed by atoms with Crippen molar-refractivity contribution in [2.24, 2.45) is 40.9 Å². The number of nitrogen functional groups attached to an aromatic ring is 2. The van der Waals surface area contributed by atoms with Crippen molar-refractivity contribution in [3.8, 4) is 17.2 Å².